The summed E-state index contributed by atoms with van der Waals surface area (Å²) in [5.41, 5.74) is 3.21. The molecule has 2 aromatic carbocycles. The Morgan fingerprint density at radius 2 is 1.61 bits per heavy atom. The molecule has 0 heterocycles. The minimum absolute atomic E-state index is 0.267. The molecule has 2 aromatic rings. The number of methoxy groups -OCH3 is 3. The first-order valence-electron chi connectivity index (χ1n) is 7.19. The van der Waals surface area contributed by atoms with Gasteiger partial charge in [-0.2, -0.15) is 0 Å². The Morgan fingerprint density at radius 3 is 2.22 bits per heavy atom. The number of rotatable bonds is 5. The third-order valence-electron chi connectivity index (χ3n) is 3.59. The average Bonchev–Trinajstić information content (AvgIpc) is 2.56. The summed E-state index contributed by atoms with van der Waals surface area (Å²) in [6, 6.07) is 9.24. The average molecular weight is 315 g/mol. The molecule has 5 heteroatoms. The Balaban J connectivity index is 2.41. The highest BCUT2D eigenvalue weighted by Gasteiger charge is 2.21. The van der Waals surface area contributed by atoms with Crippen molar-refractivity contribution in [2.75, 3.05) is 26.6 Å². The zero-order chi connectivity index (χ0) is 17.0. The molecule has 0 spiro atoms. The minimum Gasteiger partial charge on any atom is -0.493 e. The van der Waals surface area contributed by atoms with E-state index in [1.54, 1.807) is 12.1 Å². The molecule has 0 bridgehead atoms. The van der Waals surface area contributed by atoms with Crippen molar-refractivity contribution >= 4 is 11.6 Å². The Morgan fingerprint density at radius 1 is 0.913 bits per heavy atom. The van der Waals surface area contributed by atoms with Crippen LogP contribution < -0.4 is 19.5 Å². The fourth-order valence-electron chi connectivity index (χ4n) is 2.34. The fraction of sp³-hybridized carbons (Fsp3) is 0.278. The van der Waals surface area contributed by atoms with Gasteiger partial charge in [0.2, 0.25) is 5.75 Å². The molecule has 122 valence electrons. The van der Waals surface area contributed by atoms with Crippen molar-refractivity contribution in [2.45, 2.75) is 13.8 Å². The summed E-state index contributed by atoms with van der Waals surface area (Å²) in [6.07, 6.45) is 0. The second kappa shape index (κ2) is 7.05. The lowest BCUT2D eigenvalue weighted by atomic mass is 10.1. The summed E-state index contributed by atoms with van der Waals surface area (Å²) in [6.45, 7) is 3.92. The molecule has 0 aliphatic carbocycles. The molecule has 0 aliphatic rings. The van der Waals surface area contributed by atoms with E-state index < -0.39 is 0 Å². The van der Waals surface area contributed by atoms with Crippen molar-refractivity contribution in [3.05, 3.63) is 47.0 Å². The van der Waals surface area contributed by atoms with Gasteiger partial charge in [0, 0.05) is 5.69 Å². The normalized spacial score (nSPS) is 10.1. The minimum atomic E-state index is -0.267. The van der Waals surface area contributed by atoms with Crippen LogP contribution in [0.2, 0.25) is 0 Å². The molecule has 0 aliphatic heterocycles. The Hall–Kier alpha value is -2.69. The number of benzene rings is 2. The molecule has 2 rings (SSSR count). The molecule has 0 radical (unpaired) electrons. The highest BCUT2D eigenvalue weighted by Crippen LogP contribution is 2.40. The molecule has 23 heavy (non-hydrogen) atoms. The van der Waals surface area contributed by atoms with Gasteiger partial charge in [-0.05, 0) is 43.2 Å². The predicted octanol–water partition coefficient (Wildman–Crippen LogP) is 3.58. The molecule has 0 saturated carbocycles. The van der Waals surface area contributed by atoms with Gasteiger partial charge in [0.05, 0.1) is 26.9 Å². The van der Waals surface area contributed by atoms with E-state index in [4.69, 9.17) is 14.2 Å². The highest BCUT2D eigenvalue weighted by molar-refractivity contribution is 6.07. The number of anilines is 1. The fourth-order valence-corrected chi connectivity index (χ4v) is 2.34. The lowest BCUT2D eigenvalue weighted by Gasteiger charge is -2.16. The maximum atomic E-state index is 12.6. The first-order chi connectivity index (χ1) is 11.0. The van der Waals surface area contributed by atoms with E-state index in [1.165, 1.54) is 21.3 Å². The van der Waals surface area contributed by atoms with E-state index in [0.29, 0.717) is 22.8 Å². The molecule has 0 unspecified atom stereocenters. The second-order valence-electron chi connectivity index (χ2n) is 5.15. The predicted molar refractivity (Wildman–Crippen MR) is 90.0 cm³/mol. The van der Waals surface area contributed by atoms with E-state index in [9.17, 15) is 4.79 Å². The van der Waals surface area contributed by atoms with Crippen LogP contribution in [0.4, 0.5) is 5.69 Å². The van der Waals surface area contributed by atoms with Crippen LogP contribution >= 0.6 is 0 Å². The third kappa shape index (κ3) is 3.39. The zero-order valence-electron chi connectivity index (χ0n) is 14.0. The van der Waals surface area contributed by atoms with Crippen LogP contribution in [-0.4, -0.2) is 27.2 Å². The van der Waals surface area contributed by atoms with Gasteiger partial charge >= 0.3 is 0 Å². The lowest BCUT2D eigenvalue weighted by molar-refractivity contribution is 0.102. The quantitative estimate of drug-likeness (QED) is 0.916. The van der Waals surface area contributed by atoms with Crippen LogP contribution in [0.1, 0.15) is 21.5 Å². The number of ether oxygens (including phenoxy) is 3. The summed E-state index contributed by atoms with van der Waals surface area (Å²) in [5, 5.41) is 2.92. The van der Waals surface area contributed by atoms with Crippen LogP contribution in [0.3, 0.4) is 0 Å². The van der Waals surface area contributed by atoms with Crippen molar-refractivity contribution in [1.82, 2.24) is 0 Å². The molecule has 1 amide bonds. The summed E-state index contributed by atoms with van der Waals surface area (Å²) in [5.74, 6) is 0.974. The maximum Gasteiger partial charge on any atom is 0.259 e. The van der Waals surface area contributed by atoms with Gasteiger partial charge in [-0.15, -0.1) is 0 Å². The smallest absolute Gasteiger partial charge is 0.259 e. The van der Waals surface area contributed by atoms with E-state index >= 15 is 0 Å². The van der Waals surface area contributed by atoms with Crippen LogP contribution in [-0.2, 0) is 0 Å². The lowest BCUT2D eigenvalue weighted by Crippen LogP contribution is -2.14. The molecule has 1 N–H and O–H groups in total. The number of hydrogen-bond donors (Lipinski definition) is 1. The highest BCUT2D eigenvalue weighted by atomic mass is 16.5. The van der Waals surface area contributed by atoms with Crippen LogP contribution in [0.5, 0.6) is 17.2 Å². The maximum absolute atomic E-state index is 12.6. The number of hydrogen-bond acceptors (Lipinski definition) is 4. The molecule has 0 atom stereocenters. The Kier molecular flexibility index (Phi) is 5.11. The largest absolute Gasteiger partial charge is 0.493 e. The molecule has 0 aromatic heterocycles. The van der Waals surface area contributed by atoms with Crippen molar-refractivity contribution in [3.63, 3.8) is 0 Å². The van der Waals surface area contributed by atoms with Gasteiger partial charge in [0.15, 0.2) is 11.5 Å². The number of carbonyl (C=O) groups is 1. The van der Waals surface area contributed by atoms with Crippen molar-refractivity contribution in [3.8, 4) is 17.2 Å². The summed E-state index contributed by atoms with van der Waals surface area (Å²) >= 11 is 0. The van der Waals surface area contributed by atoms with Crippen LogP contribution in [0, 0.1) is 13.8 Å². The summed E-state index contributed by atoms with van der Waals surface area (Å²) < 4.78 is 15.9. The van der Waals surface area contributed by atoms with Gasteiger partial charge in [-0.1, -0.05) is 12.1 Å². The van der Waals surface area contributed by atoms with Gasteiger partial charge in [-0.3, -0.25) is 4.79 Å². The molecule has 0 fully saturated rings. The topological polar surface area (TPSA) is 56.8 Å². The second-order valence-corrected chi connectivity index (χ2v) is 5.15. The number of carbonyl (C=O) groups excluding carboxylic acids is 1. The monoisotopic (exact) mass is 315 g/mol. The molecular formula is C18H21NO4. The SMILES string of the molecule is COc1ccc(C(=O)Nc2cc(C)ccc2C)c(OC)c1OC. The van der Waals surface area contributed by atoms with Crippen LogP contribution in [0.15, 0.2) is 30.3 Å². The summed E-state index contributed by atoms with van der Waals surface area (Å²) in [7, 11) is 4.53. The summed E-state index contributed by atoms with van der Waals surface area (Å²) in [4.78, 5) is 12.6. The Labute approximate surface area is 136 Å². The van der Waals surface area contributed by atoms with Gasteiger partial charge in [-0.25, -0.2) is 0 Å². The third-order valence-corrected chi connectivity index (χ3v) is 3.59. The van der Waals surface area contributed by atoms with Gasteiger partial charge in [0.1, 0.15) is 0 Å². The molecule has 0 saturated heterocycles. The number of aryl methyl sites for hydroxylation is 2. The van der Waals surface area contributed by atoms with E-state index in [2.05, 4.69) is 5.32 Å². The zero-order valence-corrected chi connectivity index (χ0v) is 14.0. The van der Waals surface area contributed by atoms with E-state index in [0.717, 1.165) is 16.8 Å². The van der Waals surface area contributed by atoms with E-state index in [-0.39, 0.29) is 5.91 Å². The number of nitrogens with one attached hydrogen (secondary N) is 1. The first-order valence-corrected chi connectivity index (χ1v) is 7.19. The molecule has 5 nitrogen and oxygen atoms in total. The number of amides is 1. The van der Waals surface area contributed by atoms with Crippen LogP contribution in [0.25, 0.3) is 0 Å². The van der Waals surface area contributed by atoms with Crippen molar-refractivity contribution in [2.24, 2.45) is 0 Å². The standard InChI is InChI=1S/C18H21NO4/c1-11-6-7-12(2)14(10-11)19-18(20)13-8-9-15(21-3)17(23-5)16(13)22-4/h6-10H,1-5H3,(H,19,20). The molecular weight excluding hydrogens is 294 g/mol. The van der Waals surface area contributed by atoms with Crippen molar-refractivity contribution in [1.29, 1.82) is 0 Å². The van der Waals surface area contributed by atoms with Gasteiger partial charge in [0.25, 0.3) is 5.91 Å². The van der Waals surface area contributed by atoms with Crippen molar-refractivity contribution < 1.29 is 19.0 Å². The van der Waals surface area contributed by atoms with E-state index in [1.807, 2.05) is 32.0 Å². The first kappa shape index (κ1) is 16.7. The van der Waals surface area contributed by atoms with Gasteiger partial charge < -0.3 is 19.5 Å². The Bertz CT molecular complexity index is 725.